The maximum atomic E-state index is 12.5. The first-order chi connectivity index (χ1) is 10.8. The fourth-order valence-electron chi connectivity index (χ4n) is 3.95. The number of rotatable bonds is 3. The van der Waals surface area contributed by atoms with Crippen molar-refractivity contribution in [3.05, 3.63) is 48.0 Å². The number of hydrogen-bond donors (Lipinski definition) is 2. The fourth-order valence-corrected chi connectivity index (χ4v) is 3.95. The predicted octanol–water partition coefficient (Wildman–Crippen LogP) is 3.27. The molecule has 1 atom stereocenters. The molecular formula is C19H23ClN2O. The van der Waals surface area contributed by atoms with Crippen molar-refractivity contribution in [1.29, 1.82) is 0 Å². The molecule has 1 aliphatic heterocycles. The van der Waals surface area contributed by atoms with Crippen LogP contribution in [-0.2, 0) is 11.3 Å². The van der Waals surface area contributed by atoms with Crippen molar-refractivity contribution in [2.75, 3.05) is 13.1 Å². The van der Waals surface area contributed by atoms with E-state index in [1.807, 2.05) is 0 Å². The van der Waals surface area contributed by atoms with E-state index in [9.17, 15) is 4.79 Å². The molecule has 122 valence electrons. The third-order valence-corrected chi connectivity index (χ3v) is 5.44. The Bertz CT molecular complexity index is 704. The first-order valence-corrected chi connectivity index (χ1v) is 8.24. The van der Waals surface area contributed by atoms with E-state index < -0.39 is 0 Å². The molecule has 2 fully saturated rings. The molecule has 2 N–H and O–H groups in total. The summed E-state index contributed by atoms with van der Waals surface area (Å²) in [5.41, 5.74) is 1.51. The molecule has 0 aromatic heterocycles. The van der Waals surface area contributed by atoms with Gasteiger partial charge >= 0.3 is 0 Å². The summed E-state index contributed by atoms with van der Waals surface area (Å²) in [7, 11) is 0. The van der Waals surface area contributed by atoms with Gasteiger partial charge in [0.1, 0.15) is 0 Å². The molecule has 1 aliphatic carbocycles. The maximum Gasteiger partial charge on any atom is 0.223 e. The normalized spacial score (nSPS) is 21.7. The predicted molar refractivity (Wildman–Crippen MR) is 95.7 cm³/mol. The minimum Gasteiger partial charge on any atom is -0.352 e. The van der Waals surface area contributed by atoms with Crippen LogP contribution in [0.1, 0.15) is 24.8 Å². The van der Waals surface area contributed by atoms with Crippen molar-refractivity contribution in [3.63, 3.8) is 0 Å². The molecule has 1 unspecified atom stereocenters. The van der Waals surface area contributed by atoms with Gasteiger partial charge in [-0.25, -0.2) is 0 Å². The highest BCUT2D eigenvalue weighted by molar-refractivity contribution is 5.87. The van der Waals surface area contributed by atoms with Gasteiger partial charge in [-0.15, -0.1) is 12.4 Å². The third kappa shape index (κ3) is 3.08. The molecule has 2 aliphatic rings. The van der Waals surface area contributed by atoms with Gasteiger partial charge in [-0.3, -0.25) is 4.79 Å². The van der Waals surface area contributed by atoms with Crippen molar-refractivity contribution in [1.82, 2.24) is 10.6 Å². The topological polar surface area (TPSA) is 41.1 Å². The van der Waals surface area contributed by atoms with Gasteiger partial charge in [0.2, 0.25) is 5.91 Å². The summed E-state index contributed by atoms with van der Waals surface area (Å²) >= 11 is 0. The van der Waals surface area contributed by atoms with Gasteiger partial charge in [0, 0.05) is 12.5 Å². The van der Waals surface area contributed by atoms with Crippen LogP contribution in [0.4, 0.5) is 0 Å². The summed E-state index contributed by atoms with van der Waals surface area (Å²) in [6.45, 7) is 2.76. The molecule has 1 amide bonds. The number of nitrogens with one attached hydrogen (secondary N) is 2. The van der Waals surface area contributed by atoms with E-state index in [4.69, 9.17) is 0 Å². The number of benzene rings is 2. The molecule has 2 aromatic rings. The van der Waals surface area contributed by atoms with Crippen LogP contribution >= 0.6 is 12.4 Å². The lowest BCUT2D eigenvalue weighted by molar-refractivity contribution is -0.123. The van der Waals surface area contributed by atoms with Crippen molar-refractivity contribution in [3.8, 4) is 0 Å². The maximum absolute atomic E-state index is 12.5. The summed E-state index contributed by atoms with van der Waals surface area (Å²) in [6.07, 6.45) is 3.38. The van der Waals surface area contributed by atoms with Crippen LogP contribution in [0.3, 0.4) is 0 Å². The Morgan fingerprint density at radius 2 is 1.87 bits per heavy atom. The number of fused-ring (bicyclic) bond motifs is 1. The Balaban J connectivity index is 0.00000156. The van der Waals surface area contributed by atoms with E-state index in [0.29, 0.717) is 12.0 Å². The van der Waals surface area contributed by atoms with Crippen molar-refractivity contribution in [2.45, 2.75) is 25.8 Å². The molecule has 4 rings (SSSR count). The third-order valence-electron chi connectivity index (χ3n) is 5.44. The van der Waals surface area contributed by atoms with E-state index in [-0.39, 0.29) is 24.2 Å². The van der Waals surface area contributed by atoms with Gasteiger partial charge in [-0.05, 0) is 54.1 Å². The van der Waals surface area contributed by atoms with E-state index in [0.717, 1.165) is 32.4 Å². The Hall–Kier alpha value is -1.58. The quantitative estimate of drug-likeness (QED) is 0.907. The van der Waals surface area contributed by atoms with Crippen LogP contribution in [0.5, 0.6) is 0 Å². The molecule has 1 saturated carbocycles. The summed E-state index contributed by atoms with van der Waals surface area (Å²) in [5.74, 6) is 0.486. The minimum atomic E-state index is 0. The second kappa shape index (κ2) is 6.50. The van der Waals surface area contributed by atoms with Crippen LogP contribution < -0.4 is 10.6 Å². The zero-order valence-electron chi connectivity index (χ0n) is 13.2. The molecule has 1 saturated heterocycles. The lowest BCUT2D eigenvalue weighted by Gasteiger charge is -2.23. The highest BCUT2D eigenvalue weighted by atomic mass is 35.5. The Morgan fingerprint density at radius 1 is 1.13 bits per heavy atom. The Labute approximate surface area is 143 Å². The molecule has 4 heteroatoms. The summed E-state index contributed by atoms with van der Waals surface area (Å²) in [6, 6.07) is 14.6. The molecule has 1 spiro atoms. The number of amides is 1. The standard InChI is InChI=1S/C19H22N2O.ClH/c22-18(17-12-19(17)8-10-20-11-9-19)21-13-15-6-3-5-14-4-1-2-7-16(14)15;/h1-7,17,20H,8-13H2,(H,21,22);1H. The van der Waals surface area contributed by atoms with E-state index in [1.54, 1.807) is 0 Å². The molecule has 0 radical (unpaired) electrons. The second-order valence-corrected chi connectivity index (χ2v) is 6.73. The van der Waals surface area contributed by atoms with Gasteiger partial charge in [0.05, 0.1) is 0 Å². The zero-order valence-corrected chi connectivity index (χ0v) is 14.0. The first kappa shape index (κ1) is 16.3. The number of hydrogen-bond acceptors (Lipinski definition) is 2. The zero-order chi connectivity index (χ0) is 15.0. The van der Waals surface area contributed by atoms with Crippen molar-refractivity contribution in [2.24, 2.45) is 11.3 Å². The number of halogens is 1. The monoisotopic (exact) mass is 330 g/mol. The van der Waals surface area contributed by atoms with E-state index in [2.05, 4.69) is 53.1 Å². The average Bonchev–Trinajstić information content (AvgIpc) is 3.26. The van der Waals surface area contributed by atoms with Crippen LogP contribution in [0, 0.1) is 11.3 Å². The Kier molecular flexibility index (Phi) is 4.60. The second-order valence-electron chi connectivity index (χ2n) is 6.73. The van der Waals surface area contributed by atoms with Crippen molar-refractivity contribution >= 4 is 29.1 Å². The van der Waals surface area contributed by atoms with Gasteiger partial charge in [-0.1, -0.05) is 42.5 Å². The number of piperidine rings is 1. The molecule has 0 bridgehead atoms. The number of carbonyl (C=O) groups excluding carboxylic acids is 1. The van der Waals surface area contributed by atoms with Crippen LogP contribution in [0.2, 0.25) is 0 Å². The summed E-state index contributed by atoms with van der Waals surface area (Å²) < 4.78 is 0. The molecule has 23 heavy (non-hydrogen) atoms. The molecule has 3 nitrogen and oxygen atoms in total. The number of carbonyl (C=O) groups is 1. The van der Waals surface area contributed by atoms with Crippen LogP contribution in [0.15, 0.2) is 42.5 Å². The fraction of sp³-hybridized carbons (Fsp3) is 0.421. The lowest BCUT2D eigenvalue weighted by Crippen LogP contribution is -2.33. The van der Waals surface area contributed by atoms with Crippen LogP contribution in [-0.4, -0.2) is 19.0 Å². The first-order valence-electron chi connectivity index (χ1n) is 8.24. The lowest BCUT2D eigenvalue weighted by atomic mass is 9.92. The highest BCUT2D eigenvalue weighted by Gasteiger charge is 2.57. The highest BCUT2D eigenvalue weighted by Crippen LogP contribution is 2.58. The van der Waals surface area contributed by atoms with Crippen LogP contribution in [0.25, 0.3) is 10.8 Å². The molecule has 1 heterocycles. The van der Waals surface area contributed by atoms with E-state index >= 15 is 0 Å². The van der Waals surface area contributed by atoms with E-state index in [1.165, 1.54) is 16.3 Å². The summed E-state index contributed by atoms with van der Waals surface area (Å²) in [5, 5.41) is 9.02. The summed E-state index contributed by atoms with van der Waals surface area (Å²) in [4.78, 5) is 12.5. The van der Waals surface area contributed by atoms with Gasteiger partial charge in [0.25, 0.3) is 0 Å². The Morgan fingerprint density at radius 3 is 2.70 bits per heavy atom. The average molecular weight is 331 g/mol. The molecular weight excluding hydrogens is 308 g/mol. The minimum absolute atomic E-state index is 0. The van der Waals surface area contributed by atoms with Crippen molar-refractivity contribution < 1.29 is 4.79 Å². The largest absolute Gasteiger partial charge is 0.352 e. The van der Waals surface area contributed by atoms with Gasteiger partial charge in [-0.2, -0.15) is 0 Å². The molecule has 2 aromatic carbocycles. The van der Waals surface area contributed by atoms with Gasteiger partial charge < -0.3 is 10.6 Å². The van der Waals surface area contributed by atoms with Gasteiger partial charge in [0.15, 0.2) is 0 Å². The SMILES string of the molecule is Cl.O=C(NCc1cccc2ccccc12)C1CC12CCNCC2. The smallest absolute Gasteiger partial charge is 0.223 e.